The van der Waals surface area contributed by atoms with Gasteiger partial charge in [-0.25, -0.2) is 0 Å². The molecule has 0 saturated carbocycles. The molecule has 1 aromatic heterocycles. The van der Waals surface area contributed by atoms with Crippen molar-refractivity contribution in [1.82, 2.24) is 4.98 Å². The first kappa shape index (κ1) is 11.1. The topological polar surface area (TPSA) is 30.0 Å². The third-order valence-corrected chi connectivity index (χ3v) is 3.66. The molecule has 1 unspecified atom stereocenters. The molecule has 1 aromatic carbocycles. The number of ketones is 1. The van der Waals surface area contributed by atoms with E-state index in [-0.39, 0.29) is 11.7 Å². The fourth-order valence-corrected chi connectivity index (χ4v) is 2.67. The van der Waals surface area contributed by atoms with Crippen molar-refractivity contribution in [2.75, 3.05) is 0 Å². The van der Waals surface area contributed by atoms with Crippen LogP contribution in [0.1, 0.15) is 27.9 Å². The van der Waals surface area contributed by atoms with E-state index in [2.05, 4.69) is 29.2 Å². The Labute approximate surface area is 107 Å². The van der Waals surface area contributed by atoms with Crippen LogP contribution < -0.4 is 0 Å². The zero-order valence-electron chi connectivity index (χ0n) is 10.2. The van der Waals surface area contributed by atoms with E-state index in [9.17, 15) is 4.79 Å². The molecule has 0 saturated heterocycles. The molecule has 0 fully saturated rings. The van der Waals surface area contributed by atoms with Gasteiger partial charge in [0.1, 0.15) is 0 Å². The highest BCUT2D eigenvalue weighted by molar-refractivity contribution is 5.97. The highest BCUT2D eigenvalue weighted by atomic mass is 16.1. The number of pyridine rings is 1. The molecule has 3 rings (SSSR count). The lowest BCUT2D eigenvalue weighted by atomic mass is 9.80. The number of aromatic nitrogens is 1. The molecule has 90 valence electrons. The molecule has 0 aliphatic heterocycles. The van der Waals surface area contributed by atoms with E-state index in [4.69, 9.17) is 0 Å². The van der Waals surface area contributed by atoms with Crippen molar-refractivity contribution in [1.29, 1.82) is 0 Å². The molecule has 0 spiro atoms. The largest absolute Gasteiger partial charge is 0.294 e. The van der Waals surface area contributed by atoms with Crippen molar-refractivity contribution in [3.63, 3.8) is 0 Å². The molecule has 1 atom stereocenters. The van der Waals surface area contributed by atoms with E-state index < -0.39 is 0 Å². The third-order valence-electron chi connectivity index (χ3n) is 3.66. The Bertz CT molecular complexity index is 562. The summed E-state index contributed by atoms with van der Waals surface area (Å²) in [6, 6.07) is 12.1. The number of nitrogens with zero attached hydrogens (tertiary/aromatic N) is 1. The van der Waals surface area contributed by atoms with Crippen LogP contribution in [-0.2, 0) is 12.8 Å². The van der Waals surface area contributed by atoms with Crippen LogP contribution in [0.5, 0.6) is 0 Å². The number of hydrogen-bond donors (Lipinski definition) is 0. The summed E-state index contributed by atoms with van der Waals surface area (Å²) < 4.78 is 0. The maximum atomic E-state index is 12.4. The summed E-state index contributed by atoms with van der Waals surface area (Å²) in [5, 5.41) is 0. The lowest BCUT2D eigenvalue weighted by Crippen LogP contribution is -2.22. The Morgan fingerprint density at radius 1 is 1.11 bits per heavy atom. The van der Waals surface area contributed by atoms with E-state index in [1.54, 1.807) is 12.4 Å². The lowest BCUT2D eigenvalue weighted by molar-refractivity contribution is 0.0908. The van der Waals surface area contributed by atoms with Gasteiger partial charge in [0.05, 0.1) is 0 Å². The fraction of sp³-hybridized carbons (Fsp3) is 0.250. The van der Waals surface area contributed by atoms with Crippen LogP contribution in [0, 0.1) is 5.92 Å². The Morgan fingerprint density at radius 2 is 1.94 bits per heavy atom. The minimum Gasteiger partial charge on any atom is -0.294 e. The molecule has 1 heterocycles. The minimum absolute atomic E-state index is 0.115. The normalized spacial score (nSPS) is 18.1. The summed E-state index contributed by atoms with van der Waals surface area (Å²) >= 11 is 0. The van der Waals surface area contributed by atoms with E-state index in [0.29, 0.717) is 0 Å². The van der Waals surface area contributed by atoms with Crippen LogP contribution >= 0.6 is 0 Å². The molecule has 2 heteroatoms. The second-order valence-corrected chi connectivity index (χ2v) is 4.81. The summed E-state index contributed by atoms with van der Waals surface area (Å²) in [6.45, 7) is 0. The van der Waals surface area contributed by atoms with Crippen molar-refractivity contribution < 1.29 is 4.79 Å². The molecule has 2 nitrogen and oxygen atoms in total. The Hall–Kier alpha value is -1.96. The maximum Gasteiger partial charge on any atom is 0.167 e. The van der Waals surface area contributed by atoms with Crippen LogP contribution in [0.2, 0.25) is 0 Å². The molecule has 1 aliphatic carbocycles. The van der Waals surface area contributed by atoms with Crippen LogP contribution in [-0.4, -0.2) is 10.8 Å². The maximum absolute atomic E-state index is 12.4. The van der Waals surface area contributed by atoms with E-state index in [1.165, 1.54) is 11.1 Å². The van der Waals surface area contributed by atoms with Crippen LogP contribution in [0.3, 0.4) is 0 Å². The van der Waals surface area contributed by atoms with E-state index >= 15 is 0 Å². The molecule has 0 amide bonds. The molecular weight excluding hydrogens is 222 g/mol. The molecule has 0 radical (unpaired) electrons. The van der Waals surface area contributed by atoms with Crippen molar-refractivity contribution >= 4 is 5.78 Å². The number of aryl methyl sites for hydroxylation is 1. The van der Waals surface area contributed by atoms with E-state index in [0.717, 1.165) is 24.8 Å². The first-order chi connectivity index (χ1) is 8.84. The van der Waals surface area contributed by atoms with Gasteiger partial charge < -0.3 is 0 Å². The summed E-state index contributed by atoms with van der Waals surface area (Å²) in [6.07, 6.45) is 6.19. The lowest BCUT2D eigenvalue weighted by Gasteiger charge is -2.23. The number of Topliss-reactive ketones (excluding diaryl/α,β-unsaturated/α-hetero) is 1. The van der Waals surface area contributed by atoms with Crippen molar-refractivity contribution in [3.05, 3.63) is 65.5 Å². The summed E-state index contributed by atoms with van der Waals surface area (Å²) in [7, 11) is 0. The second-order valence-electron chi connectivity index (χ2n) is 4.81. The van der Waals surface area contributed by atoms with Gasteiger partial charge in [0, 0.05) is 23.9 Å². The van der Waals surface area contributed by atoms with Gasteiger partial charge in [-0.3, -0.25) is 9.78 Å². The van der Waals surface area contributed by atoms with Gasteiger partial charge in [0.15, 0.2) is 5.78 Å². The van der Waals surface area contributed by atoms with Gasteiger partial charge in [-0.05, 0) is 42.5 Å². The highest BCUT2D eigenvalue weighted by Gasteiger charge is 2.25. The summed E-state index contributed by atoms with van der Waals surface area (Å²) in [5.41, 5.74) is 3.46. The number of hydrogen-bond acceptors (Lipinski definition) is 2. The van der Waals surface area contributed by atoms with Crippen molar-refractivity contribution in [2.45, 2.75) is 19.3 Å². The SMILES string of the molecule is O=C(c1cccnc1)C1CCc2ccccc2C1. The molecule has 0 bridgehead atoms. The number of rotatable bonds is 2. The average molecular weight is 237 g/mol. The van der Waals surface area contributed by atoms with Gasteiger partial charge in [-0.2, -0.15) is 0 Å². The molecule has 0 N–H and O–H groups in total. The number of fused-ring (bicyclic) bond motifs is 1. The number of carbonyl (C=O) groups is 1. The standard InChI is InChI=1S/C16H15NO/c18-16(15-6-3-9-17-11-15)14-8-7-12-4-1-2-5-13(12)10-14/h1-6,9,11,14H,7-8,10H2. The van der Waals surface area contributed by atoms with Gasteiger partial charge in [-0.1, -0.05) is 24.3 Å². The molecule has 1 aliphatic rings. The highest BCUT2D eigenvalue weighted by Crippen LogP contribution is 2.27. The smallest absolute Gasteiger partial charge is 0.167 e. The van der Waals surface area contributed by atoms with Crippen LogP contribution in [0.4, 0.5) is 0 Å². The zero-order valence-corrected chi connectivity index (χ0v) is 10.2. The molecule has 18 heavy (non-hydrogen) atoms. The van der Waals surface area contributed by atoms with Gasteiger partial charge in [-0.15, -0.1) is 0 Å². The third kappa shape index (κ3) is 2.06. The van der Waals surface area contributed by atoms with Crippen molar-refractivity contribution in [2.24, 2.45) is 5.92 Å². The van der Waals surface area contributed by atoms with Gasteiger partial charge >= 0.3 is 0 Å². The quantitative estimate of drug-likeness (QED) is 0.751. The Balaban J connectivity index is 1.82. The van der Waals surface area contributed by atoms with Gasteiger partial charge in [0.2, 0.25) is 0 Å². The summed E-state index contributed by atoms with van der Waals surface area (Å²) in [5.74, 6) is 0.349. The number of carbonyl (C=O) groups excluding carboxylic acids is 1. The van der Waals surface area contributed by atoms with Crippen LogP contribution in [0.15, 0.2) is 48.8 Å². The minimum atomic E-state index is 0.115. The first-order valence-electron chi connectivity index (χ1n) is 6.35. The zero-order chi connectivity index (χ0) is 12.4. The Morgan fingerprint density at radius 3 is 2.72 bits per heavy atom. The predicted molar refractivity (Wildman–Crippen MR) is 70.5 cm³/mol. The second kappa shape index (κ2) is 4.73. The molecular formula is C16H15NO. The first-order valence-corrected chi connectivity index (χ1v) is 6.35. The number of benzene rings is 1. The fourth-order valence-electron chi connectivity index (χ4n) is 2.67. The predicted octanol–water partition coefficient (Wildman–Crippen LogP) is 3.07. The summed E-state index contributed by atoms with van der Waals surface area (Å²) in [4.78, 5) is 16.4. The van der Waals surface area contributed by atoms with E-state index in [1.807, 2.05) is 12.1 Å². The monoisotopic (exact) mass is 237 g/mol. The average Bonchev–Trinajstić information content (AvgIpc) is 2.47. The molecule has 2 aromatic rings. The van der Waals surface area contributed by atoms with Crippen LogP contribution in [0.25, 0.3) is 0 Å². The Kier molecular flexibility index (Phi) is 2.93. The van der Waals surface area contributed by atoms with Crippen molar-refractivity contribution in [3.8, 4) is 0 Å². The van der Waals surface area contributed by atoms with Gasteiger partial charge in [0.25, 0.3) is 0 Å².